The molecule has 1 aliphatic heterocycles. The van der Waals surface area contributed by atoms with Crippen molar-refractivity contribution in [1.29, 1.82) is 0 Å². The molecule has 0 unspecified atom stereocenters. The molecule has 1 aromatic heterocycles. The number of anilines is 1. The number of para-hydroxylation sites is 1. The van der Waals surface area contributed by atoms with Gasteiger partial charge in [-0.05, 0) is 49.9 Å². The summed E-state index contributed by atoms with van der Waals surface area (Å²) in [5, 5.41) is 7.79. The Kier molecular flexibility index (Phi) is 5.41. The first kappa shape index (κ1) is 18.4. The summed E-state index contributed by atoms with van der Waals surface area (Å²) >= 11 is 6.33. The molecule has 2 heterocycles. The summed E-state index contributed by atoms with van der Waals surface area (Å²) in [5.74, 6) is 0.0209. The Morgan fingerprint density at radius 1 is 1.04 bits per heavy atom. The van der Waals surface area contributed by atoms with Crippen LogP contribution in [0.2, 0.25) is 5.02 Å². The molecule has 0 spiro atoms. The van der Waals surface area contributed by atoms with Gasteiger partial charge >= 0.3 is 0 Å². The van der Waals surface area contributed by atoms with Gasteiger partial charge in [0.05, 0.1) is 10.7 Å². The Morgan fingerprint density at radius 3 is 2.41 bits per heavy atom. The van der Waals surface area contributed by atoms with E-state index in [0.29, 0.717) is 17.8 Å². The molecule has 5 nitrogen and oxygen atoms in total. The van der Waals surface area contributed by atoms with Crippen molar-refractivity contribution in [3.8, 4) is 0 Å². The van der Waals surface area contributed by atoms with Crippen LogP contribution in [0.1, 0.15) is 36.2 Å². The third-order valence-corrected chi connectivity index (χ3v) is 6.22. The number of hydrogen-bond acceptors (Lipinski definition) is 3. The van der Waals surface area contributed by atoms with Gasteiger partial charge in [0.2, 0.25) is 0 Å². The van der Waals surface area contributed by atoms with E-state index in [9.17, 15) is 4.79 Å². The van der Waals surface area contributed by atoms with Gasteiger partial charge in [-0.15, -0.1) is 0 Å². The van der Waals surface area contributed by atoms with Crippen LogP contribution in [0.3, 0.4) is 0 Å². The first-order valence-corrected chi connectivity index (χ1v) is 10.2. The molecule has 1 saturated carbocycles. The molecule has 1 aromatic carbocycles. The van der Waals surface area contributed by atoms with E-state index in [1.165, 1.54) is 0 Å². The van der Waals surface area contributed by atoms with Gasteiger partial charge in [-0.1, -0.05) is 23.7 Å². The van der Waals surface area contributed by atoms with Crippen molar-refractivity contribution in [3.05, 3.63) is 53.3 Å². The number of aromatic nitrogens is 1. The maximum Gasteiger partial charge on any atom is 0.268 e. The summed E-state index contributed by atoms with van der Waals surface area (Å²) in [5.41, 5.74) is 1.85. The van der Waals surface area contributed by atoms with Crippen molar-refractivity contribution < 1.29 is 4.79 Å². The van der Waals surface area contributed by atoms with Crippen LogP contribution >= 0.6 is 11.6 Å². The number of halogens is 1. The van der Waals surface area contributed by atoms with Crippen molar-refractivity contribution >= 4 is 23.2 Å². The van der Waals surface area contributed by atoms with E-state index in [1.807, 2.05) is 48.1 Å². The third kappa shape index (κ3) is 3.99. The molecule has 2 fully saturated rings. The average molecular weight is 387 g/mol. The van der Waals surface area contributed by atoms with E-state index >= 15 is 0 Å². The van der Waals surface area contributed by atoms with Gasteiger partial charge in [0.1, 0.15) is 5.69 Å². The number of amides is 1. The SMILES string of the molecule is Cn1cccc1C(=O)N[C@@H]1CC[C@@H]1NC1CCN(c2ccccc2Cl)CC1. The standard InChI is InChI=1S/C21H27ClN4O/c1-25-12-4-7-20(25)21(27)24-18-9-8-17(18)23-15-10-13-26(14-11-15)19-6-3-2-5-16(19)22/h2-7,12,15,17-18,23H,8-11,13-14H2,1H3,(H,24,27)/t17-,18+/m0/s1. The van der Waals surface area contributed by atoms with Gasteiger partial charge < -0.3 is 20.1 Å². The normalized spacial score (nSPS) is 23.1. The molecule has 2 aromatic rings. The minimum Gasteiger partial charge on any atom is -0.370 e. The summed E-state index contributed by atoms with van der Waals surface area (Å²) < 4.78 is 1.86. The number of carbonyl (C=O) groups excluding carboxylic acids is 1. The highest BCUT2D eigenvalue weighted by Gasteiger charge is 2.34. The summed E-state index contributed by atoms with van der Waals surface area (Å²) in [6, 6.07) is 12.9. The van der Waals surface area contributed by atoms with Crippen molar-refractivity contribution in [2.45, 2.75) is 43.8 Å². The summed E-state index contributed by atoms with van der Waals surface area (Å²) in [6.07, 6.45) is 6.27. The minimum atomic E-state index is 0.0209. The summed E-state index contributed by atoms with van der Waals surface area (Å²) in [6.45, 7) is 2.02. The molecule has 4 rings (SSSR count). The minimum absolute atomic E-state index is 0.0209. The number of rotatable bonds is 5. The van der Waals surface area contributed by atoms with E-state index in [4.69, 9.17) is 11.6 Å². The lowest BCUT2D eigenvalue weighted by molar-refractivity contribution is 0.0878. The van der Waals surface area contributed by atoms with Crippen LogP contribution in [-0.4, -0.2) is 41.7 Å². The molecule has 0 radical (unpaired) electrons. The fourth-order valence-corrected chi connectivity index (χ4v) is 4.36. The van der Waals surface area contributed by atoms with Crippen LogP contribution in [0.25, 0.3) is 0 Å². The molecular formula is C21H27ClN4O. The quantitative estimate of drug-likeness (QED) is 0.829. The van der Waals surface area contributed by atoms with Crippen molar-refractivity contribution in [1.82, 2.24) is 15.2 Å². The highest BCUT2D eigenvalue weighted by Crippen LogP contribution is 2.29. The first-order chi connectivity index (χ1) is 13.1. The van der Waals surface area contributed by atoms with Crippen LogP contribution in [0.5, 0.6) is 0 Å². The lowest BCUT2D eigenvalue weighted by Gasteiger charge is -2.42. The van der Waals surface area contributed by atoms with Crippen LogP contribution < -0.4 is 15.5 Å². The van der Waals surface area contributed by atoms with Crippen LogP contribution in [0.4, 0.5) is 5.69 Å². The molecule has 1 saturated heterocycles. The predicted octanol–water partition coefficient (Wildman–Crippen LogP) is 3.20. The van der Waals surface area contributed by atoms with E-state index in [1.54, 1.807) is 0 Å². The summed E-state index contributed by atoms with van der Waals surface area (Å²) in [4.78, 5) is 14.8. The number of benzene rings is 1. The zero-order chi connectivity index (χ0) is 18.8. The average Bonchev–Trinajstić information content (AvgIpc) is 3.10. The smallest absolute Gasteiger partial charge is 0.268 e. The molecular weight excluding hydrogens is 360 g/mol. The van der Waals surface area contributed by atoms with E-state index in [-0.39, 0.29) is 11.9 Å². The van der Waals surface area contributed by atoms with Gasteiger partial charge in [0.15, 0.2) is 0 Å². The maximum absolute atomic E-state index is 12.4. The van der Waals surface area contributed by atoms with Crippen LogP contribution in [-0.2, 0) is 7.05 Å². The zero-order valence-corrected chi connectivity index (χ0v) is 16.5. The van der Waals surface area contributed by atoms with Crippen molar-refractivity contribution in [2.24, 2.45) is 7.05 Å². The largest absolute Gasteiger partial charge is 0.370 e. The molecule has 2 N–H and O–H groups in total. The van der Waals surface area contributed by atoms with Gasteiger partial charge in [0.25, 0.3) is 5.91 Å². The number of nitrogens with zero attached hydrogens (tertiary/aromatic N) is 2. The zero-order valence-electron chi connectivity index (χ0n) is 15.7. The van der Waals surface area contributed by atoms with E-state index in [0.717, 1.165) is 49.5 Å². The predicted molar refractivity (Wildman–Crippen MR) is 110 cm³/mol. The van der Waals surface area contributed by atoms with E-state index in [2.05, 4.69) is 21.6 Å². The molecule has 1 aliphatic carbocycles. The second-order valence-corrected chi connectivity index (χ2v) is 8.05. The lowest BCUT2D eigenvalue weighted by Crippen LogP contribution is -2.60. The lowest BCUT2D eigenvalue weighted by atomic mass is 9.85. The molecule has 2 atom stereocenters. The van der Waals surface area contributed by atoms with E-state index < -0.39 is 0 Å². The number of nitrogens with one attached hydrogen (secondary N) is 2. The summed E-state index contributed by atoms with van der Waals surface area (Å²) in [7, 11) is 1.90. The monoisotopic (exact) mass is 386 g/mol. The Labute approximate surface area is 165 Å². The van der Waals surface area contributed by atoms with Crippen molar-refractivity contribution in [2.75, 3.05) is 18.0 Å². The Balaban J connectivity index is 1.26. The van der Waals surface area contributed by atoms with Gasteiger partial charge in [0, 0.05) is 44.5 Å². The molecule has 144 valence electrons. The molecule has 6 heteroatoms. The molecule has 0 bridgehead atoms. The number of carbonyl (C=O) groups is 1. The third-order valence-electron chi connectivity index (χ3n) is 5.91. The number of aryl methyl sites for hydroxylation is 1. The van der Waals surface area contributed by atoms with Gasteiger partial charge in [-0.2, -0.15) is 0 Å². The van der Waals surface area contributed by atoms with Gasteiger partial charge in [-0.3, -0.25) is 4.79 Å². The fourth-order valence-electron chi connectivity index (χ4n) is 4.11. The number of hydrogen-bond donors (Lipinski definition) is 2. The fraction of sp³-hybridized carbons (Fsp3) is 0.476. The second kappa shape index (κ2) is 7.95. The Hall–Kier alpha value is -1.98. The Morgan fingerprint density at radius 2 is 1.78 bits per heavy atom. The Bertz CT molecular complexity index is 797. The van der Waals surface area contributed by atoms with Gasteiger partial charge in [-0.25, -0.2) is 0 Å². The molecule has 2 aliphatic rings. The first-order valence-electron chi connectivity index (χ1n) is 9.79. The second-order valence-electron chi connectivity index (χ2n) is 7.65. The van der Waals surface area contributed by atoms with Crippen LogP contribution in [0.15, 0.2) is 42.6 Å². The molecule has 27 heavy (non-hydrogen) atoms. The topological polar surface area (TPSA) is 49.3 Å². The molecule has 1 amide bonds. The number of piperidine rings is 1. The highest BCUT2D eigenvalue weighted by atomic mass is 35.5. The maximum atomic E-state index is 12.4. The highest BCUT2D eigenvalue weighted by molar-refractivity contribution is 6.33. The van der Waals surface area contributed by atoms with Crippen LogP contribution in [0, 0.1) is 0 Å². The van der Waals surface area contributed by atoms with Crippen molar-refractivity contribution in [3.63, 3.8) is 0 Å².